The molecule has 2 heterocycles. The minimum absolute atomic E-state index is 0.647. The molecule has 0 saturated carbocycles. The minimum atomic E-state index is 0.647. The van der Waals surface area contributed by atoms with E-state index in [1.807, 2.05) is 19.1 Å². The van der Waals surface area contributed by atoms with Crippen LogP contribution in [0.3, 0.4) is 0 Å². The number of hydrogen-bond acceptors (Lipinski definition) is 4. The molecular weight excluding hydrogens is 220 g/mol. The lowest BCUT2D eigenvalue weighted by Crippen LogP contribution is -1.99. The van der Waals surface area contributed by atoms with Crippen LogP contribution in [-0.4, -0.2) is 11.6 Å². The number of aromatic nitrogens is 1. The lowest BCUT2D eigenvalue weighted by atomic mass is 10.3. The average molecular weight is 234 g/mol. The Kier molecular flexibility index (Phi) is 3.77. The van der Waals surface area contributed by atoms with Gasteiger partial charge in [0.2, 0.25) is 5.88 Å². The first-order valence-corrected chi connectivity index (χ1v) is 6.16. The molecule has 3 nitrogen and oxygen atoms in total. The van der Waals surface area contributed by atoms with Gasteiger partial charge in [0.15, 0.2) is 0 Å². The van der Waals surface area contributed by atoms with E-state index < -0.39 is 0 Å². The van der Waals surface area contributed by atoms with Gasteiger partial charge in [0.25, 0.3) is 0 Å². The second kappa shape index (κ2) is 5.51. The number of hydrogen-bond donors (Lipinski definition) is 1. The Balaban J connectivity index is 1.90. The molecule has 0 aliphatic rings. The molecule has 16 heavy (non-hydrogen) atoms. The van der Waals surface area contributed by atoms with Crippen LogP contribution in [0.25, 0.3) is 0 Å². The van der Waals surface area contributed by atoms with E-state index in [4.69, 9.17) is 4.74 Å². The maximum atomic E-state index is 5.27. The van der Waals surface area contributed by atoms with Crippen LogP contribution in [-0.2, 0) is 6.54 Å². The molecule has 0 aliphatic carbocycles. The third-order valence-electron chi connectivity index (χ3n) is 2.11. The van der Waals surface area contributed by atoms with Gasteiger partial charge < -0.3 is 10.1 Å². The van der Waals surface area contributed by atoms with Crippen molar-refractivity contribution in [3.05, 3.63) is 40.7 Å². The van der Waals surface area contributed by atoms with E-state index in [9.17, 15) is 0 Å². The fourth-order valence-electron chi connectivity index (χ4n) is 1.32. The van der Waals surface area contributed by atoms with Crippen molar-refractivity contribution in [1.82, 2.24) is 4.98 Å². The summed E-state index contributed by atoms with van der Waals surface area (Å²) < 4.78 is 5.27. The predicted octanol–water partition coefficient (Wildman–Crippen LogP) is 3.15. The van der Waals surface area contributed by atoms with Crippen LogP contribution in [0.1, 0.15) is 12.5 Å². The zero-order valence-electron chi connectivity index (χ0n) is 9.14. The van der Waals surface area contributed by atoms with Gasteiger partial charge in [-0.25, -0.2) is 4.98 Å². The fraction of sp³-hybridized carbons (Fsp3) is 0.250. The fourth-order valence-corrected chi connectivity index (χ4v) is 1.98. The molecular formula is C12H14N2OS. The Bertz CT molecular complexity index is 411. The lowest BCUT2D eigenvalue weighted by Gasteiger charge is -2.06. The Morgan fingerprint density at radius 1 is 1.38 bits per heavy atom. The molecule has 2 rings (SSSR count). The van der Waals surface area contributed by atoms with Gasteiger partial charge in [-0.3, -0.25) is 0 Å². The summed E-state index contributed by atoms with van der Waals surface area (Å²) in [7, 11) is 0. The SMILES string of the molecule is CCOc1ccc(NCc2ccsc2)cn1. The van der Waals surface area contributed by atoms with Crippen molar-refractivity contribution in [2.45, 2.75) is 13.5 Å². The largest absolute Gasteiger partial charge is 0.478 e. The molecule has 0 aliphatic heterocycles. The Labute approximate surface area is 99.1 Å². The second-order valence-electron chi connectivity index (χ2n) is 3.30. The average Bonchev–Trinajstić information content (AvgIpc) is 2.82. The monoisotopic (exact) mass is 234 g/mol. The number of rotatable bonds is 5. The zero-order valence-corrected chi connectivity index (χ0v) is 9.96. The van der Waals surface area contributed by atoms with Crippen LogP contribution >= 0.6 is 11.3 Å². The summed E-state index contributed by atoms with van der Waals surface area (Å²) in [6.45, 7) is 3.43. The van der Waals surface area contributed by atoms with Crippen molar-refractivity contribution in [2.75, 3.05) is 11.9 Å². The summed E-state index contributed by atoms with van der Waals surface area (Å²) in [5.41, 5.74) is 2.30. The first-order valence-electron chi connectivity index (χ1n) is 5.22. The highest BCUT2D eigenvalue weighted by atomic mass is 32.1. The van der Waals surface area contributed by atoms with Gasteiger partial charge in [-0.1, -0.05) is 0 Å². The van der Waals surface area contributed by atoms with E-state index >= 15 is 0 Å². The lowest BCUT2D eigenvalue weighted by molar-refractivity contribution is 0.327. The summed E-state index contributed by atoms with van der Waals surface area (Å²) in [5, 5.41) is 7.52. The van der Waals surface area contributed by atoms with Gasteiger partial charge >= 0.3 is 0 Å². The highest BCUT2D eigenvalue weighted by Crippen LogP contribution is 2.13. The van der Waals surface area contributed by atoms with Crippen molar-refractivity contribution in [3.8, 4) is 5.88 Å². The van der Waals surface area contributed by atoms with Crippen molar-refractivity contribution in [1.29, 1.82) is 0 Å². The molecule has 0 amide bonds. The topological polar surface area (TPSA) is 34.1 Å². The van der Waals surface area contributed by atoms with Crippen LogP contribution in [0.5, 0.6) is 5.88 Å². The normalized spacial score (nSPS) is 10.1. The maximum Gasteiger partial charge on any atom is 0.213 e. The first kappa shape index (κ1) is 11.0. The van der Waals surface area contributed by atoms with Crippen LogP contribution in [0, 0.1) is 0 Å². The Morgan fingerprint density at radius 2 is 2.31 bits per heavy atom. The van der Waals surface area contributed by atoms with E-state index in [0.29, 0.717) is 12.5 Å². The van der Waals surface area contributed by atoms with Gasteiger partial charge in [-0.2, -0.15) is 11.3 Å². The minimum Gasteiger partial charge on any atom is -0.478 e. The summed E-state index contributed by atoms with van der Waals surface area (Å²) in [4.78, 5) is 4.19. The van der Waals surface area contributed by atoms with E-state index in [-0.39, 0.29) is 0 Å². The van der Waals surface area contributed by atoms with E-state index in [2.05, 4.69) is 27.1 Å². The molecule has 0 saturated heterocycles. The van der Waals surface area contributed by atoms with Crippen LogP contribution in [0.15, 0.2) is 35.2 Å². The maximum absolute atomic E-state index is 5.27. The van der Waals surface area contributed by atoms with Crippen molar-refractivity contribution < 1.29 is 4.74 Å². The van der Waals surface area contributed by atoms with Gasteiger partial charge in [0, 0.05) is 12.6 Å². The Hall–Kier alpha value is -1.55. The van der Waals surface area contributed by atoms with Gasteiger partial charge in [0.05, 0.1) is 18.5 Å². The van der Waals surface area contributed by atoms with Gasteiger partial charge in [-0.15, -0.1) is 0 Å². The van der Waals surface area contributed by atoms with Gasteiger partial charge in [0.1, 0.15) is 0 Å². The number of nitrogens with one attached hydrogen (secondary N) is 1. The molecule has 0 bridgehead atoms. The number of thiophene rings is 1. The second-order valence-corrected chi connectivity index (χ2v) is 4.08. The quantitative estimate of drug-likeness (QED) is 0.863. The molecule has 0 unspecified atom stereocenters. The molecule has 2 aromatic heterocycles. The summed E-state index contributed by atoms with van der Waals surface area (Å²) in [6.07, 6.45) is 1.79. The number of anilines is 1. The van der Waals surface area contributed by atoms with Crippen molar-refractivity contribution in [2.24, 2.45) is 0 Å². The molecule has 1 N–H and O–H groups in total. The number of pyridine rings is 1. The highest BCUT2D eigenvalue weighted by molar-refractivity contribution is 7.07. The van der Waals surface area contributed by atoms with Gasteiger partial charge in [-0.05, 0) is 35.4 Å². The number of nitrogens with zero attached hydrogens (tertiary/aromatic N) is 1. The van der Waals surface area contributed by atoms with Crippen LogP contribution in [0.4, 0.5) is 5.69 Å². The van der Waals surface area contributed by atoms with Crippen LogP contribution in [0.2, 0.25) is 0 Å². The molecule has 0 aromatic carbocycles. The van der Waals surface area contributed by atoms with Crippen LogP contribution < -0.4 is 10.1 Å². The van der Waals surface area contributed by atoms with Crippen molar-refractivity contribution >= 4 is 17.0 Å². The first-order chi connectivity index (χ1) is 7.88. The summed E-state index contributed by atoms with van der Waals surface area (Å²) >= 11 is 1.71. The smallest absolute Gasteiger partial charge is 0.213 e. The van der Waals surface area contributed by atoms with E-state index in [1.165, 1.54) is 5.56 Å². The summed E-state index contributed by atoms with van der Waals surface area (Å²) in [6, 6.07) is 5.96. The van der Waals surface area contributed by atoms with E-state index in [0.717, 1.165) is 12.2 Å². The molecule has 0 radical (unpaired) electrons. The highest BCUT2D eigenvalue weighted by Gasteiger charge is 1.96. The Morgan fingerprint density at radius 3 is 2.94 bits per heavy atom. The molecule has 84 valence electrons. The zero-order chi connectivity index (χ0) is 11.2. The predicted molar refractivity (Wildman–Crippen MR) is 67.1 cm³/mol. The summed E-state index contributed by atoms with van der Waals surface area (Å²) in [5.74, 6) is 0.670. The van der Waals surface area contributed by atoms with Crippen molar-refractivity contribution in [3.63, 3.8) is 0 Å². The third kappa shape index (κ3) is 2.97. The molecule has 2 aromatic rings. The molecule has 4 heteroatoms. The molecule has 0 fully saturated rings. The number of ether oxygens (including phenoxy) is 1. The molecule has 0 atom stereocenters. The third-order valence-corrected chi connectivity index (χ3v) is 2.84. The van der Waals surface area contributed by atoms with E-state index in [1.54, 1.807) is 17.5 Å². The molecule has 0 spiro atoms. The standard InChI is InChI=1S/C12H14N2OS/c1-2-15-12-4-3-11(8-14-12)13-7-10-5-6-16-9-10/h3-6,8-9,13H,2,7H2,1H3.